The molecule has 1 N–H and O–H groups in total. The van der Waals surface area contributed by atoms with Gasteiger partial charge in [-0.2, -0.15) is 4.39 Å². The van der Waals surface area contributed by atoms with Gasteiger partial charge in [0.15, 0.2) is 0 Å². The van der Waals surface area contributed by atoms with Crippen LogP contribution in [0.5, 0.6) is 0 Å². The highest BCUT2D eigenvalue weighted by atomic mass is 19.1. The van der Waals surface area contributed by atoms with Crippen LogP contribution in [-0.2, 0) is 4.79 Å². The number of benzene rings is 1. The van der Waals surface area contributed by atoms with Crippen LogP contribution in [0, 0.1) is 21.3 Å². The lowest BCUT2D eigenvalue weighted by molar-refractivity contribution is -0.387. The number of carbonyl (C=O) groups excluding carboxylic acids is 1. The maximum absolute atomic E-state index is 13.2. The summed E-state index contributed by atoms with van der Waals surface area (Å²) in [6, 6.07) is 2.88. The van der Waals surface area contributed by atoms with E-state index in [0.717, 1.165) is 18.2 Å². The highest BCUT2D eigenvalue weighted by molar-refractivity contribution is 5.95. The Labute approximate surface area is 119 Å². The molecule has 0 aliphatic carbocycles. The van der Waals surface area contributed by atoms with Gasteiger partial charge in [0.25, 0.3) is 5.91 Å². The van der Waals surface area contributed by atoms with E-state index in [1.807, 2.05) is 0 Å². The fourth-order valence-corrected chi connectivity index (χ4v) is 2.28. The number of carboxylic acid groups (broad SMARTS) is 1. The fraction of sp³-hybridized carbons (Fsp3) is 0.385. The van der Waals surface area contributed by atoms with Gasteiger partial charge in [-0.25, -0.2) is 0 Å². The summed E-state index contributed by atoms with van der Waals surface area (Å²) >= 11 is 0. The molecule has 1 atom stereocenters. The number of hydrogen-bond acceptors (Lipinski definition) is 4. The lowest BCUT2D eigenvalue weighted by Crippen LogP contribution is -2.34. The third-order valence-corrected chi connectivity index (χ3v) is 3.67. The minimum atomic E-state index is -1.03. The summed E-state index contributed by atoms with van der Waals surface area (Å²) in [6.07, 6.45) is 0.303. The van der Waals surface area contributed by atoms with Crippen LogP contribution < -0.4 is 0 Å². The van der Waals surface area contributed by atoms with Crippen LogP contribution in [0.3, 0.4) is 0 Å². The molecule has 1 unspecified atom stereocenters. The largest absolute Gasteiger partial charge is 0.481 e. The SMILES string of the molecule is CC1(C(=O)O)CCN(C(=O)c2ccc(F)c([N+](=O)[O-])c2)C1. The second kappa shape index (κ2) is 5.12. The standard InChI is InChI=1S/C13H13FN2O5/c1-13(12(18)19)4-5-15(7-13)11(17)8-2-3-9(14)10(6-8)16(20)21/h2-3,6H,4-5,7H2,1H3,(H,18,19). The first kappa shape index (κ1) is 14.9. The number of hydrogen-bond donors (Lipinski definition) is 1. The maximum Gasteiger partial charge on any atom is 0.311 e. The number of nitro benzene ring substituents is 1. The van der Waals surface area contributed by atoms with Crippen molar-refractivity contribution in [1.82, 2.24) is 4.90 Å². The molecule has 1 aliphatic heterocycles. The third-order valence-electron chi connectivity index (χ3n) is 3.67. The number of likely N-dealkylation sites (tertiary alicyclic amines) is 1. The highest BCUT2D eigenvalue weighted by Crippen LogP contribution is 2.31. The van der Waals surface area contributed by atoms with Crippen molar-refractivity contribution < 1.29 is 24.0 Å². The van der Waals surface area contributed by atoms with E-state index in [9.17, 15) is 24.1 Å². The van der Waals surface area contributed by atoms with Crippen LogP contribution in [0.2, 0.25) is 0 Å². The molecular formula is C13H13FN2O5. The average Bonchev–Trinajstić information content (AvgIpc) is 2.82. The van der Waals surface area contributed by atoms with Gasteiger partial charge in [-0.3, -0.25) is 19.7 Å². The highest BCUT2D eigenvalue weighted by Gasteiger charge is 2.42. The van der Waals surface area contributed by atoms with Gasteiger partial charge in [0.1, 0.15) is 0 Å². The first-order valence-corrected chi connectivity index (χ1v) is 6.21. The Morgan fingerprint density at radius 1 is 1.48 bits per heavy atom. The van der Waals surface area contributed by atoms with Crippen LogP contribution in [0.1, 0.15) is 23.7 Å². The molecule has 1 heterocycles. The van der Waals surface area contributed by atoms with Crippen LogP contribution in [0.15, 0.2) is 18.2 Å². The van der Waals surface area contributed by atoms with Crippen molar-refractivity contribution in [2.24, 2.45) is 5.41 Å². The molecule has 0 saturated carbocycles. The molecule has 0 aromatic heterocycles. The Balaban J connectivity index is 2.24. The molecular weight excluding hydrogens is 283 g/mol. The van der Waals surface area contributed by atoms with Gasteiger partial charge in [-0.05, 0) is 25.5 Å². The van der Waals surface area contributed by atoms with Crippen molar-refractivity contribution in [3.63, 3.8) is 0 Å². The summed E-state index contributed by atoms with van der Waals surface area (Å²) in [5.41, 5.74) is -1.83. The molecule has 1 amide bonds. The molecule has 2 rings (SSSR count). The van der Waals surface area contributed by atoms with E-state index < -0.39 is 33.7 Å². The van der Waals surface area contributed by atoms with Gasteiger partial charge >= 0.3 is 11.7 Å². The number of nitro groups is 1. The zero-order valence-corrected chi connectivity index (χ0v) is 11.2. The molecule has 0 radical (unpaired) electrons. The Morgan fingerprint density at radius 2 is 2.14 bits per heavy atom. The van der Waals surface area contributed by atoms with Crippen LogP contribution >= 0.6 is 0 Å². The summed E-state index contributed by atoms with van der Waals surface area (Å²) in [5, 5.41) is 19.8. The van der Waals surface area contributed by atoms with E-state index in [0.29, 0.717) is 6.42 Å². The van der Waals surface area contributed by atoms with Crippen LogP contribution in [0.25, 0.3) is 0 Å². The summed E-state index contributed by atoms with van der Waals surface area (Å²) in [4.78, 5) is 34.4. The number of amides is 1. The van der Waals surface area contributed by atoms with Gasteiger partial charge in [-0.1, -0.05) is 0 Å². The topological polar surface area (TPSA) is 101 Å². The predicted octanol–water partition coefficient (Wildman–Crippen LogP) is 1.67. The number of aliphatic carboxylic acids is 1. The molecule has 0 bridgehead atoms. The minimum absolute atomic E-state index is 0.0202. The molecule has 1 aliphatic rings. The van der Waals surface area contributed by atoms with Gasteiger partial charge in [-0.15, -0.1) is 0 Å². The number of nitrogens with zero attached hydrogens (tertiary/aromatic N) is 2. The average molecular weight is 296 g/mol. The van der Waals surface area contributed by atoms with Gasteiger partial charge in [0.05, 0.1) is 10.3 Å². The van der Waals surface area contributed by atoms with Crippen molar-refractivity contribution >= 4 is 17.6 Å². The molecule has 1 saturated heterocycles. The molecule has 1 aromatic carbocycles. The lowest BCUT2D eigenvalue weighted by Gasteiger charge is -2.20. The Morgan fingerprint density at radius 3 is 2.67 bits per heavy atom. The molecule has 1 fully saturated rings. The van der Waals surface area contributed by atoms with Crippen molar-refractivity contribution in [1.29, 1.82) is 0 Å². The summed E-state index contributed by atoms with van der Waals surface area (Å²) in [6.45, 7) is 1.80. The second-order valence-corrected chi connectivity index (χ2v) is 5.27. The number of carboxylic acids is 1. The monoisotopic (exact) mass is 296 g/mol. The Bertz CT molecular complexity index is 633. The number of carbonyl (C=O) groups is 2. The smallest absolute Gasteiger partial charge is 0.311 e. The Hall–Kier alpha value is -2.51. The first-order valence-electron chi connectivity index (χ1n) is 6.21. The van der Waals surface area contributed by atoms with Gasteiger partial charge in [0.2, 0.25) is 5.82 Å². The molecule has 1 aromatic rings. The van der Waals surface area contributed by atoms with E-state index >= 15 is 0 Å². The third kappa shape index (κ3) is 2.69. The predicted molar refractivity (Wildman–Crippen MR) is 69.3 cm³/mol. The van der Waals surface area contributed by atoms with Crippen molar-refractivity contribution in [3.05, 3.63) is 39.7 Å². The number of halogens is 1. The van der Waals surface area contributed by atoms with Crippen LogP contribution in [0.4, 0.5) is 10.1 Å². The van der Waals surface area contributed by atoms with Crippen molar-refractivity contribution in [2.75, 3.05) is 13.1 Å². The summed E-state index contributed by atoms with van der Waals surface area (Å²) in [7, 11) is 0. The zero-order valence-electron chi connectivity index (χ0n) is 11.2. The van der Waals surface area contributed by atoms with Crippen molar-refractivity contribution in [2.45, 2.75) is 13.3 Å². The van der Waals surface area contributed by atoms with E-state index in [4.69, 9.17) is 5.11 Å². The summed E-state index contributed by atoms with van der Waals surface area (Å²) in [5.74, 6) is -2.56. The lowest BCUT2D eigenvalue weighted by atomic mass is 9.90. The molecule has 8 heteroatoms. The minimum Gasteiger partial charge on any atom is -0.481 e. The van der Waals surface area contributed by atoms with E-state index in [-0.39, 0.29) is 18.7 Å². The van der Waals surface area contributed by atoms with Gasteiger partial charge in [0, 0.05) is 24.7 Å². The van der Waals surface area contributed by atoms with Crippen molar-refractivity contribution in [3.8, 4) is 0 Å². The van der Waals surface area contributed by atoms with E-state index in [1.165, 1.54) is 11.8 Å². The molecule has 0 spiro atoms. The fourth-order valence-electron chi connectivity index (χ4n) is 2.28. The Kier molecular flexibility index (Phi) is 3.63. The number of rotatable bonds is 3. The normalized spacial score (nSPS) is 21.3. The molecule has 21 heavy (non-hydrogen) atoms. The zero-order chi connectivity index (χ0) is 15.8. The first-order chi connectivity index (χ1) is 9.74. The quantitative estimate of drug-likeness (QED) is 0.675. The van der Waals surface area contributed by atoms with Crippen LogP contribution in [-0.4, -0.2) is 39.9 Å². The molecule has 112 valence electrons. The van der Waals surface area contributed by atoms with Gasteiger partial charge < -0.3 is 10.0 Å². The maximum atomic E-state index is 13.2. The van der Waals surface area contributed by atoms with E-state index in [2.05, 4.69) is 0 Å². The summed E-state index contributed by atoms with van der Waals surface area (Å²) < 4.78 is 13.2. The van der Waals surface area contributed by atoms with E-state index in [1.54, 1.807) is 0 Å². The molecule has 7 nitrogen and oxygen atoms in total. The second-order valence-electron chi connectivity index (χ2n) is 5.27.